The van der Waals surface area contributed by atoms with Crippen LogP contribution in [0.1, 0.15) is 187 Å². The normalized spacial score (nSPS) is 14.7. The molecule has 1 amide bonds. The Morgan fingerprint density at radius 3 is 1.44 bits per heavy atom. The molecule has 45 heavy (non-hydrogen) atoms. The van der Waals surface area contributed by atoms with Gasteiger partial charge in [0.15, 0.2) is 0 Å². The average molecular weight is 638 g/mol. The van der Waals surface area contributed by atoms with E-state index in [4.69, 9.17) is 0 Å². The molecule has 0 aliphatic carbocycles. The number of unbranched alkanes of at least 4 members (excludes halogenated alkanes) is 21. The van der Waals surface area contributed by atoms with Gasteiger partial charge in [-0.3, -0.25) is 4.79 Å². The fraction of sp³-hybridized carbons (Fsp3) is 0.872. The molecule has 0 aromatic heterocycles. The Hall–Kier alpha value is -1.21. The molecule has 0 aliphatic rings. The molecule has 0 aromatic rings. The van der Waals surface area contributed by atoms with Crippen molar-refractivity contribution in [2.45, 2.75) is 212 Å². The second-order valence-electron chi connectivity index (χ2n) is 13.3. The van der Waals surface area contributed by atoms with Crippen molar-refractivity contribution in [3.8, 4) is 0 Å². The van der Waals surface area contributed by atoms with Crippen molar-refractivity contribution >= 4 is 5.91 Å². The van der Waals surface area contributed by atoms with E-state index in [1.54, 1.807) is 0 Å². The minimum atomic E-state index is -1.26. The Labute approximate surface area is 278 Å². The highest BCUT2D eigenvalue weighted by Crippen LogP contribution is 2.15. The molecule has 0 bridgehead atoms. The molecule has 6 heteroatoms. The minimum Gasteiger partial charge on any atom is -0.394 e. The molecule has 0 saturated heterocycles. The molecule has 0 heterocycles. The monoisotopic (exact) mass is 638 g/mol. The van der Waals surface area contributed by atoms with Gasteiger partial charge in [0.2, 0.25) is 5.91 Å². The third-order valence-corrected chi connectivity index (χ3v) is 8.92. The first-order chi connectivity index (χ1) is 22.0. The van der Waals surface area contributed by atoms with Crippen LogP contribution in [0, 0.1) is 0 Å². The maximum atomic E-state index is 12.4. The number of rotatable bonds is 34. The highest BCUT2D eigenvalue weighted by atomic mass is 16.3. The second kappa shape index (κ2) is 34.1. The van der Waals surface area contributed by atoms with Crippen LogP contribution in [0.25, 0.3) is 0 Å². The number of allylic oxidation sites excluding steroid dienone is 4. The molecule has 0 spiro atoms. The van der Waals surface area contributed by atoms with E-state index in [0.29, 0.717) is 12.8 Å². The van der Waals surface area contributed by atoms with E-state index in [-0.39, 0.29) is 0 Å². The number of aliphatic hydroxyl groups excluding tert-OH is 4. The minimum absolute atomic E-state index is 0.357. The number of amides is 1. The van der Waals surface area contributed by atoms with Crippen LogP contribution in [0.4, 0.5) is 0 Å². The van der Waals surface area contributed by atoms with Crippen LogP contribution in [0.3, 0.4) is 0 Å². The maximum absolute atomic E-state index is 12.4. The van der Waals surface area contributed by atoms with E-state index >= 15 is 0 Å². The summed E-state index contributed by atoms with van der Waals surface area (Å²) in [6, 6.07) is -0.986. The topological polar surface area (TPSA) is 110 Å². The number of carbonyl (C=O) groups excluding carboxylic acids is 1. The molecule has 0 radical (unpaired) electrons. The van der Waals surface area contributed by atoms with Crippen LogP contribution in [0.2, 0.25) is 0 Å². The lowest BCUT2D eigenvalue weighted by atomic mass is 9.99. The molecule has 0 saturated carbocycles. The molecule has 5 N–H and O–H groups in total. The van der Waals surface area contributed by atoms with Crippen molar-refractivity contribution in [2.75, 3.05) is 6.61 Å². The summed E-state index contributed by atoms with van der Waals surface area (Å²) in [6.07, 6.45) is 36.2. The van der Waals surface area contributed by atoms with E-state index in [2.05, 4.69) is 43.5 Å². The Balaban J connectivity index is 3.83. The predicted molar refractivity (Wildman–Crippen MR) is 191 cm³/mol. The maximum Gasteiger partial charge on any atom is 0.249 e. The van der Waals surface area contributed by atoms with Gasteiger partial charge in [0.25, 0.3) is 0 Å². The van der Waals surface area contributed by atoms with Crippen LogP contribution in [-0.4, -0.2) is 57.3 Å². The van der Waals surface area contributed by atoms with Crippen molar-refractivity contribution < 1.29 is 25.2 Å². The largest absolute Gasteiger partial charge is 0.394 e. The van der Waals surface area contributed by atoms with Crippen LogP contribution < -0.4 is 5.32 Å². The van der Waals surface area contributed by atoms with E-state index in [0.717, 1.165) is 57.8 Å². The third kappa shape index (κ3) is 28.7. The smallest absolute Gasteiger partial charge is 0.249 e. The van der Waals surface area contributed by atoms with Crippen molar-refractivity contribution in [3.63, 3.8) is 0 Å². The summed E-state index contributed by atoms with van der Waals surface area (Å²) in [7, 11) is 0. The third-order valence-electron chi connectivity index (χ3n) is 8.92. The summed E-state index contributed by atoms with van der Waals surface area (Å²) in [5.74, 6) is -0.594. The van der Waals surface area contributed by atoms with Crippen molar-refractivity contribution in [1.29, 1.82) is 0 Å². The molecular formula is C39H75NO5. The van der Waals surface area contributed by atoms with E-state index in [1.165, 1.54) is 103 Å². The Bertz CT molecular complexity index is 682. The number of hydrogen-bond acceptors (Lipinski definition) is 5. The fourth-order valence-electron chi connectivity index (χ4n) is 5.79. The lowest BCUT2D eigenvalue weighted by molar-refractivity contribution is -0.132. The first-order valence-corrected chi connectivity index (χ1v) is 19.2. The average Bonchev–Trinajstić information content (AvgIpc) is 3.04. The summed E-state index contributed by atoms with van der Waals surface area (Å²) in [5.41, 5.74) is 0. The second-order valence-corrected chi connectivity index (χ2v) is 13.3. The summed E-state index contributed by atoms with van der Waals surface area (Å²) < 4.78 is 0. The lowest BCUT2D eigenvalue weighted by Crippen LogP contribution is -2.53. The van der Waals surface area contributed by atoms with Crippen molar-refractivity contribution in [1.82, 2.24) is 5.32 Å². The van der Waals surface area contributed by atoms with E-state index in [1.807, 2.05) is 0 Å². The molecule has 0 aromatic carbocycles. The quantitative estimate of drug-likeness (QED) is 0.0357. The van der Waals surface area contributed by atoms with Gasteiger partial charge in [0, 0.05) is 0 Å². The Morgan fingerprint density at radius 1 is 0.556 bits per heavy atom. The van der Waals surface area contributed by atoms with Gasteiger partial charge in [0.05, 0.1) is 18.8 Å². The Kier molecular flexibility index (Phi) is 33.2. The molecular weight excluding hydrogens is 562 g/mol. The molecule has 0 rings (SSSR count). The molecule has 6 nitrogen and oxygen atoms in total. The van der Waals surface area contributed by atoms with Gasteiger partial charge in [-0.2, -0.15) is 0 Å². The van der Waals surface area contributed by atoms with Crippen LogP contribution in [0.5, 0.6) is 0 Å². The molecule has 0 fully saturated rings. The summed E-state index contributed by atoms with van der Waals surface area (Å²) in [5, 5.41) is 43.5. The molecule has 4 unspecified atom stereocenters. The summed E-state index contributed by atoms with van der Waals surface area (Å²) in [6.45, 7) is 4.00. The highest BCUT2D eigenvalue weighted by molar-refractivity contribution is 5.80. The summed E-state index contributed by atoms with van der Waals surface area (Å²) in [4.78, 5) is 12.4. The number of hydrogen-bond donors (Lipinski definition) is 5. The van der Waals surface area contributed by atoms with Gasteiger partial charge in [-0.15, -0.1) is 0 Å². The van der Waals surface area contributed by atoms with Gasteiger partial charge in [-0.25, -0.2) is 0 Å². The van der Waals surface area contributed by atoms with Gasteiger partial charge in [-0.1, -0.05) is 167 Å². The standard InChI is InChI=1S/C39H75NO5/c1-3-5-7-9-11-13-15-17-18-19-21-23-25-27-29-31-33-37(43)39(45)40-35(34-41)38(44)36(42)32-30-28-26-24-22-20-16-14-12-10-8-6-4-2/h11,13,17-18,35-38,41-44H,3-10,12,14-16,19-34H2,1-2H3,(H,40,45)/b13-11-,18-17-. The molecule has 266 valence electrons. The number of aliphatic hydroxyl groups is 4. The zero-order chi connectivity index (χ0) is 33.2. The summed E-state index contributed by atoms with van der Waals surface area (Å²) >= 11 is 0. The lowest BCUT2D eigenvalue weighted by Gasteiger charge is -2.27. The predicted octanol–water partition coefficient (Wildman–Crippen LogP) is 9.23. The SMILES string of the molecule is CCCCC/C=C\C/C=C\CCCCCCCCC(O)C(=O)NC(CO)C(O)C(O)CCCCCCCCCCCCCCC. The number of nitrogens with one attached hydrogen (secondary N) is 1. The van der Waals surface area contributed by atoms with Crippen LogP contribution in [0.15, 0.2) is 24.3 Å². The fourth-order valence-corrected chi connectivity index (χ4v) is 5.79. The number of carbonyl (C=O) groups is 1. The van der Waals surface area contributed by atoms with Crippen LogP contribution >= 0.6 is 0 Å². The first-order valence-electron chi connectivity index (χ1n) is 19.2. The zero-order valence-corrected chi connectivity index (χ0v) is 29.6. The van der Waals surface area contributed by atoms with Gasteiger partial charge >= 0.3 is 0 Å². The first kappa shape index (κ1) is 43.8. The Morgan fingerprint density at radius 2 is 0.956 bits per heavy atom. The molecule has 4 atom stereocenters. The van der Waals surface area contributed by atoms with E-state index in [9.17, 15) is 25.2 Å². The van der Waals surface area contributed by atoms with Crippen molar-refractivity contribution in [2.24, 2.45) is 0 Å². The highest BCUT2D eigenvalue weighted by Gasteiger charge is 2.28. The van der Waals surface area contributed by atoms with Gasteiger partial charge in [0.1, 0.15) is 12.2 Å². The van der Waals surface area contributed by atoms with Crippen molar-refractivity contribution in [3.05, 3.63) is 24.3 Å². The zero-order valence-electron chi connectivity index (χ0n) is 29.6. The van der Waals surface area contributed by atoms with Gasteiger partial charge < -0.3 is 25.7 Å². The van der Waals surface area contributed by atoms with Gasteiger partial charge in [-0.05, 0) is 44.9 Å². The molecule has 0 aliphatic heterocycles. The van der Waals surface area contributed by atoms with E-state index < -0.39 is 36.9 Å². The van der Waals surface area contributed by atoms with Crippen LogP contribution in [-0.2, 0) is 4.79 Å².